The Bertz CT molecular complexity index is 601. The van der Waals surface area contributed by atoms with Gasteiger partial charge < -0.3 is 10.6 Å². The summed E-state index contributed by atoms with van der Waals surface area (Å²) in [7, 11) is 0. The maximum absolute atomic E-state index is 4.37. The molecule has 0 bridgehead atoms. The molecule has 0 spiro atoms. The lowest BCUT2D eigenvalue weighted by Crippen LogP contribution is -2.19. The van der Waals surface area contributed by atoms with E-state index in [1.807, 2.05) is 6.07 Å². The highest BCUT2D eigenvalue weighted by molar-refractivity contribution is 5.47. The number of benzene rings is 1. The molecule has 1 aliphatic rings. The first-order chi connectivity index (χ1) is 11.3. The zero-order valence-corrected chi connectivity index (χ0v) is 13.9. The van der Waals surface area contributed by atoms with Gasteiger partial charge in [-0.15, -0.1) is 0 Å². The quantitative estimate of drug-likeness (QED) is 0.797. The topological polar surface area (TPSA) is 49.8 Å². The maximum atomic E-state index is 4.37. The highest BCUT2D eigenvalue weighted by Gasteiger charge is 2.12. The maximum Gasteiger partial charge on any atom is 0.131 e. The fourth-order valence-corrected chi connectivity index (χ4v) is 3.06. The van der Waals surface area contributed by atoms with Crippen LogP contribution in [0.3, 0.4) is 0 Å². The molecule has 0 unspecified atom stereocenters. The number of nitrogens with one attached hydrogen (secondary N) is 2. The van der Waals surface area contributed by atoms with Crippen molar-refractivity contribution in [1.29, 1.82) is 0 Å². The normalized spacial score (nSPS) is 15.9. The Morgan fingerprint density at radius 1 is 0.957 bits per heavy atom. The van der Waals surface area contributed by atoms with Gasteiger partial charge in [0, 0.05) is 18.7 Å². The number of hydrogen-bond acceptors (Lipinski definition) is 4. The molecule has 1 saturated carbocycles. The highest BCUT2D eigenvalue weighted by Crippen LogP contribution is 2.21. The minimum absolute atomic E-state index is 0.553. The summed E-state index contributed by atoms with van der Waals surface area (Å²) in [4.78, 5) is 8.69. The second-order valence-electron chi connectivity index (χ2n) is 6.46. The minimum Gasteiger partial charge on any atom is -0.367 e. The van der Waals surface area contributed by atoms with Gasteiger partial charge in [0.05, 0.1) is 0 Å². The van der Waals surface area contributed by atoms with Crippen LogP contribution >= 0.6 is 0 Å². The molecule has 122 valence electrons. The molecule has 2 N–H and O–H groups in total. The van der Waals surface area contributed by atoms with Crippen molar-refractivity contribution in [1.82, 2.24) is 9.97 Å². The largest absolute Gasteiger partial charge is 0.367 e. The summed E-state index contributed by atoms with van der Waals surface area (Å²) >= 11 is 0. The number of aromatic nitrogens is 2. The zero-order valence-electron chi connectivity index (χ0n) is 13.9. The van der Waals surface area contributed by atoms with Crippen LogP contribution < -0.4 is 10.6 Å². The molecule has 1 aromatic carbocycles. The van der Waals surface area contributed by atoms with Gasteiger partial charge in [0.25, 0.3) is 0 Å². The van der Waals surface area contributed by atoms with E-state index in [-0.39, 0.29) is 0 Å². The fraction of sp³-hybridized carbons (Fsp3) is 0.474. The van der Waals surface area contributed by atoms with Crippen LogP contribution in [0.4, 0.5) is 11.6 Å². The summed E-state index contributed by atoms with van der Waals surface area (Å²) < 4.78 is 0. The Balaban J connectivity index is 1.57. The van der Waals surface area contributed by atoms with E-state index in [1.165, 1.54) is 49.7 Å². The zero-order chi connectivity index (χ0) is 15.9. The van der Waals surface area contributed by atoms with Crippen molar-refractivity contribution in [2.24, 2.45) is 0 Å². The second kappa shape index (κ2) is 7.95. The van der Waals surface area contributed by atoms with Gasteiger partial charge in [0.1, 0.15) is 18.0 Å². The number of nitrogens with zero attached hydrogens (tertiary/aromatic N) is 2. The molecule has 0 saturated heterocycles. The van der Waals surface area contributed by atoms with E-state index in [9.17, 15) is 0 Å². The van der Waals surface area contributed by atoms with Crippen LogP contribution in [-0.2, 0) is 6.54 Å². The molecule has 1 aromatic heterocycles. The van der Waals surface area contributed by atoms with Crippen molar-refractivity contribution in [3.05, 3.63) is 47.8 Å². The molecule has 0 aliphatic heterocycles. The van der Waals surface area contributed by atoms with Crippen LogP contribution in [0.15, 0.2) is 36.7 Å². The Morgan fingerprint density at radius 3 is 2.39 bits per heavy atom. The predicted octanol–water partition coefficient (Wildman–Crippen LogP) is 4.53. The fourth-order valence-electron chi connectivity index (χ4n) is 3.06. The van der Waals surface area contributed by atoms with Crippen molar-refractivity contribution >= 4 is 11.6 Å². The Labute approximate surface area is 138 Å². The van der Waals surface area contributed by atoms with Crippen LogP contribution in [-0.4, -0.2) is 16.0 Å². The van der Waals surface area contributed by atoms with E-state index in [2.05, 4.69) is 51.8 Å². The predicted molar refractivity (Wildman–Crippen MR) is 95.7 cm³/mol. The molecule has 4 heteroatoms. The molecule has 1 fully saturated rings. The highest BCUT2D eigenvalue weighted by atomic mass is 15.1. The summed E-state index contributed by atoms with van der Waals surface area (Å²) in [6, 6.07) is 11.1. The van der Waals surface area contributed by atoms with Crippen LogP contribution in [0, 0.1) is 6.92 Å². The average Bonchev–Trinajstić information content (AvgIpc) is 2.83. The van der Waals surface area contributed by atoms with Gasteiger partial charge >= 0.3 is 0 Å². The molecule has 0 radical (unpaired) electrons. The number of aryl methyl sites for hydroxylation is 1. The van der Waals surface area contributed by atoms with Crippen LogP contribution in [0.25, 0.3) is 0 Å². The van der Waals surface area contributed by atoms with Crippen molar-refractivity contribution < 1.29 is 0 Å². The standard InChI is InChI=1S/C19H26N4/c1-15-8-10-16(11-9-15)13-20-18-12-19(22-14-21-18)23-17-6-4-2-3-5-7-17/h8-12,14,17H,2-7,13H2,1H3,(H2,20,21,22,23). The lowest BCUT2D eigenvalue weighted by molar-refractivity contribution is 0.617. The summed E-state index contributed by atoms with van der Waals surface area (Å²) in [6.45, 7) is 2.88. The van der Waals surface area contributed by atoms with Crippen molar-refractivity contribution in [3.8, 4) is 0 Å². The van der Waals surface area contributed by atoms with Gasteiger partial charge in [-0.1, -0.05) is 55.5 Å². The number of rotatable bonds is 5. The first kappa shape index (κ1) is 15.8. The summed E-state index contributed by atoms with van der Waals surface area (Å²) in [5.41, 5.74) is 2.54. The first-order valence-electron chi connectivity index (χ1n) is 8.67. The summed E-state index contributed by atoms with van der Waals surface area (Å²) in [6.07, 6.45) is 9.50. The van der Waals surface area contributed by atoms with Crippen LogP contribution in [0.2, 0.25) is 0 Å². The molecule has 0 amide bonds. The van der Waals surface area contributed by atoms with Crippen LogP contribution in [0.5, 0.6) is 0 Å². The van der Waals surface area contributed by atoms with E-state index in [4.69, 9.17) is 0 Å². The number of hydrogen-bond donors (Lipinski definition) is 2. The van der Waals surface area contributed by atoms with Gasteiger partial charge in [0.2, 0.25) is 0 Å². The molecule has 1 aliphatic carbocycles. The molecular formula is C19H26N4. The van der Waals surface area contributed by atoms with Crippen molar-refractivity contribution in [2.45, 2.75) is 58.0 Å². The van der Waals surface area contributed by atoms with Gasteiger partial charge in [-0.05, 0) is 25.3 Å². The average molecular weight is 310 g/mol. The molecular weight excluding hydrogens is 284 g/mol. The van der Waals surface area contributed by atoms with Gasteiger partial charge in [-0.3, -0.25) is 0 Å². The Hall–Kier alpha value is -2.10. The first-order valence-corrected chi connectivity index (χ1v) is 8.67. The molecule has 1 heterocycles. The number of anilines is 2. The van der Waals surface area contributed by atoms with Gasteiger partial charge in [-0.2, -0.15) is 0 Å². The van der Waals surface area contributed by atoms with E-state index in [1.54, 1.807) is 6.33 Å². The van der Waals surface area contributed by atoms with Crippen LogP contribution in [0.1, 0.15) is 49.7 Å². The third-order valence-electron chi connectivity index (χ3n) is 4.47. The van der Waals surface area contributed by atoms with Crippen molar-refractivity contribution in [3.63, 3.8) is 0 Å². The SMILES string of the molecule is Cc1ccc(CNc2cc(NC3CCCCCC3)ncn2)cc1. The molecule has 0 atom stereocenters. The third-order valence-corrected chi connectivity index (χ3v) is 4.47. The molecule has 2 aromatic rings. The van der Waals surface area contributed by atoms with E-state index in [0.29, 0.717) is 6.04 Å². The van der Waals surface area contributed by atoms with Gasteiger partial charge in [-0.25, -0.2) is 9.97 Å². The summed E-state index contributed by atoms with van der Waals surface area (Å²) in [5.74, 6) is 1.80. The third kappa shape index (κ3) is 4.95. The van der Waals surface area contributed by atoms with E-state index in [0.717, 1.165) is 18.2 Å². The Kier molecular flexibility index (Phi) is 5.46. The summed E-state index contributed by atoms with van der Waals surface area (Å²) in [5, 5.41) is 6.96. The van der Waals surface area contributed by atoms with E-state index >= 15 is 0 Å². The van der Waals surface area contributed by atoms with Crippen molar-refractivity contribution in [2.75, 3.05) is 10.6 Å². The second-order valence-corrected chi connectivity index (χ2v) is 6.46. The molecule has 3 rings (SSSR count). The monoisotopic (exact) mass is 310 g/mol. The van der Waals surface area contributed by atoms with Gasteiger partial charge in [0.15, 0.2) is 0 Å². The lowest BCUT2D eigenvalue weighted by atomic mass is 10.1. The minimum atomic E-state index is 0.553. The molecule has 4 nitrogen and oxygen atoms in total. The smallest absolute Gasteiger partial charge is 0.131 e. The Morgan fingerprint density at radius 2 is 1.65 bits per heavy atom. The molecule has 23 heavy (non-hydrogen) atoms. The van der Waals surface area contributed by atoms with E-state index < -0.39 is 0 Å². The lowest BCUT2D eigenvalue weighted by Gasteiger charge is -2.17.